The maximum absolute atomic E-state index is 12.3. The molecule has 1 fully saturated rings. The fourth-order valence-corrected chi connectivity index (χ4v) is 4.96. The first-order chi connectivity index (χ1) is 12.4. The molecule has 0 bridgehead atoms. The number of amides is 2. The lowest BCUT2D eigenvalue weighted by molar-refractivity contribution is -0.126. The molecule has 0 spiro atoms. The molecular weight excluding hydrogens is 394 g/mol. The van der Waals surface area contributed by atoms with Crippen LogP contribution in [0, 0.1) is 12.3 Å². The van der Waals surface area contributed by atoms with Crippen LogP contribution in [0.2, 0.25) is 0 Å². The van der Waals surface area contributed by atoms with E-state index in [-0.39, 0.29) is 17.9 Å². The van der Waals surface area contributed by atoms with E-state index < -0.39 is 6.09 Å². The van der Waals surface area contributed by atoms with E-state index in [9.17, 15) is 9.59 Å². The van der Waals surface area contributed by atoms with Gasteiger partial charge in [0.15, 0.2) is 0 Å². The zero-order valence-corrected chi connectivity index (χ0v) is 17.0. The van der Waals surface area contributed by atoms with Gasteiger partial charge in [-0.2, -0.15) is 0 Å². The number of carbonyl (C=O) groups excluding carboxylic acids is 2. The Bertz CT molecular complexity index is 814. The Morgan fingerprint density at radius 2 is 2.19 bits per heavy atom. The van der Waals surface area contributed by atoms with E-state index in [1.807, 2.05) is 25.5 Å². The monoisotopic (exact) mass is 413 g/mol. The highest BCUT2D eigenvalue weighted by molar-refractivity contribution is 8.00. The van der Waals surface area contributed by atoms with Gasteiger partial charge in [0.1, 0.15) is 11.6 Å². The molecule has 2 N–H and O–H groups in total. The molecule has 1 aliphatic heterocycles. The number of aromatic nitrogens is 1. The van der Waals surface area contributed by atoms with Gasteiger partial charge in [-0.3, -0.25) is 10.2 Å². The number of nitrogens with zero attached hydrogens (tertiary/aromatic N) is 1. The summed E-state index contributed by atoms with van der Waals surface area (Å²) in [5.41, 5.74) is 6.41. The van der Waals surface area contributed by atoms with Crippen molar-refractivity contribution in [3.05, 3.63) is 22.0 Å². The van der Waals surface area contributed by atoms with Crippen LogP contribution in [0.1, 0.15) is 22.3 Å². The van der Waals surface area contributed by atoms with E-state index in [1.165, 1.54) is 11.3 Å². The third-order valence-electron chi connectivity index (χ3n) is 3.69. The predicted molar refractivity (Wildman–Crippen MR) is 103 cm³/mol. The lowest BCUT2D eigenvalue weighted by Gasteiger charge is -2.37. The van der Waals surface area contributed by atoms with Crippen LogP contribution in [-0.4, -0.2) is 43.1 Å². The molecule has 0 unspecified atom stereocenters. The van der Waals surface area contributed by atoms with E-state index in [0.717, 1.165) is 20.5 Å². The van der Waals surface area contributed by atoms with Crippen molar-refractivity contribution < 1.29 is 19.1 Å². The Hall–Kier alpha value is -1.62. The highest BCUT2D eigenvalue weighted by Gasteiger charge is 2.34. The summed E-state index contributed by atoms with van der Waals surface area (Å²) in [4.78, 5) is 29.0. The average molecular weight is 414 g/mol. The van der Waals surface area contributed by atoms with Crippen LogP contribution in [0.3, 0.4) is 0 Å². The number of thiophene rings is 1. The molecule has 2 aromatic rings. The van der Waals surface area contributed by atoms with Gasteiger partial charge in [0, 0.05) is 22.1 Å². The third kappa shape index (κ3) is 4.37. The van der Waals surface area contributed by atoms with Gasteiger partial charge in [-0.15, -0.1) is 34.4 Å². The van der Waals surface area contributed by atoms with Gasteiger partial charge in [-0.1, -0.05) is 6.92 Å². The summed E-state index contributed by atoms with van der Waals surface area (Å²) >= 11 is 4.47. The zero-order valence-electron chi connectivity index (χ0n) is 14.6. The van der Waals surface area contributed by atoms with Gasteiger partial charge < -0.3 is 9.47 Å². The van der Waals surface area contributed by atoms with Crippen molar-refractivity contribution >= 4 is 46.4 Å². The molecule has 1 aliphatic rings. The van der Waals surface area contributed by atoms with Crippen LogP contribution in [0.5, 0.6) is 0 Å². The largest absolute Gasteiger partial charge is 0.448 e. The molecule has 0 saturated carbocycles. The Morgan fingerprint density at radius 3 is 2.77 bits per heavy atom. The van der Waals surface area contributed by atoms with Gasteiger partial charge in [-0.05, 0) is 19.2 Å². The second kappa shape index (κ2) is 7.95. The summed E-state index contributed by atoms with van der Waals surface area (Å²) < 4.78 is 11.2. The van der Waals surface area contributed by atoms with Crippen molar-refractivity contribution in [3.8, 4) is 10.6 Å². The lowest BCUT2D eigenvalue weighted by Crippen LogP contribution is -2.47. The van der Waals surface area contributed by atoms with Crippen molar-refractivity contribution in [1.82, 2.24) is 15.8 Å². The van der Waals surface area contributed by atoms with Crippen LogP contribution in [-0.2, 0) is 9.47 Å². The average Bonchev–Trinajstić information content (AvgIpc) is 3.21. The minimum atomic E-state index is -0.691. The normalized spacial score (nSPS) is 15.2. The second-order valence-electron chi connectivity index (χ2n) is 6.27. The fourth-order valence-electron chi connectivity index (χ4n) is 2.24. The lowest BCUT2D eigenvalue weighted by atomic mass is 9.90. The molecule has 3 heterocycles. The number of ether oxygens (including phenoxy) is 2. The SMILES string of the molecule is CSc1sc(C(=O)NNC(=O)OCC2(C)COC2)cc1-c1nc(C)cs1. The van der Waals surface area contributed by atoms with Gasteiger partial charge in [0.2, 0.25) is 0 Å². The summed E-state index contributed by atoms with van der Waals surface area (Å²) in [6, 6.07) is 1.80. The van der Waals surface area contributed by atoms with E-state index in [0.29, 0.717) is 18.1 Å². The Morgan fingerprint density at radius 1 is 1.42 bits per heavy atom. The molecule has 3 rings (SSSR count). The van der Waals surface area contributed by atoms with Crippen LogP contribution in [0.15, 0.2) is 15.7 Å². The minimum absolute atomic E-state index is 0.136. The van der Waals surface area contributed by atoms with Crippen LogP contribution in [0.4, 0.5) is 4.79 Å². The number of hydrogen-bond donors (Lipinski definition) is 2. The molecule has 26 heavy (non-hydrogen) atoms. The minimum Gasteiger partial charge on any atom is -0.448 e. The van der Waals surface area contributed by atoms with Crippen molar-refractivity contribution in [2.24, 2.45) is 5.41 Å². The number of hydrogen-bond acceptors (Lipinski definition) is 8. The maximum Gasteiger partial charge on any atom is 0.426 e. The highest BCUT2D eigenvalue weighted by atomic mass is 32.2. The van der Waals surface area contributed by atoms with Gasteiger partial charge in [0.25, 0.3) is 5.91 Å². The topological polar surface area (TPSA) is 89.6 Å². The molecule has 1 saturated heterocycles. The van der Waals surface area contributed by atoms with Gasteiger partial charge in [0.05, 0.1) is 22.3 Å². The molecule has 140 valence electrons. The summed E-state index contributed by atoms with van der Waals surface area (Å²) in [5, 5.41) is 2.85. The zero-order chi connectivity index (χ0) is 18.7. The van der Waals surface area contributed by atoms with Gasteiger partial charge >= 0.3 is 6.09 Å². The Labute approximate surface area is 163 Å². The van der Waals surface area contributed by atoms with Crippen LogP contribution >= 0.6 is 34.4 Å². The molecule has 10 heteroatoms. The van der Waals surface area contributed by atoms with E-state index >= 15 is 0 Å². The molecular formula is C16H19N3O4S3. The smallest absolute Gasteiger partial charge is 0.426 e. The molecule has 0 radical (unpaired) electrons. The number of rotatable bonds is 5. The first-order valence-electron chi connectivity index (χ1n) is 7.81. The highest BCUT2D eigenvalue weighted by Crippen LogP contribution is 2.39. The van der Waals surface area contributed by atoms with Crippen molar-refractivity contribution in [1.29, 1.82) is 0 Å². The standard InChI is InChI=1S/C16H19N3O4S3/c1-9-5-25-13(17-9)10-4-11(26-14(10)24-3)12(20)18-19-15(21)23-8-16(2)6-22-7-16/h4-5H,6-8H2,1-3H3,(H,18,20)(H,19,21). The predicted octanol–water partition coefficient (Wildman–Crippen LogP) is 3.31. The number of hydrazine groups is 1. The van der Waals surface area contributed by atoms with Crippen LogP contribution < -0.4 is 10.9 Å². The van der Waals surface area contributed by atoms with Crippen molar-refractivity contribution in [2.45, 2.75) is 18.1 Å². The second-order valence-corrected chi connectivity index (χ2v) is 9.25. The maximum atomic E-state index is 12.3. The third-order valence-corrected chi connectivity index (χ3v) is 6.95. The number of aryl methyl sites for hydroxylation is 1. The number of carbonyl (C=O) groups is 2. The molecule has 2 amide bonds. The van der Waals surface area contributed by atoms with E-state index in [1.54, 1.807) is 29.2 Å². The summed E-state index contributed by atoms with van der Waals surface area (Å²) in [6.07, 6.45) is 1.27. The summed E-state index contributed by atoms with van der Waals surface area (Å²) in [6.45, 7) is 5.29. The fraction of sp³-hybridized carbons (Fsp3) is 0.438. The summed E-state index contributed by atoms with van der Waals surface area (Å²) in [7, 11) is 0. The van der Waals surface area contributed by atoms with E-state index in [4.69, 9.17) is 9.47 Å². The van der Waals surface area contributed by atoms with Crippen LogP contribution in [0.25, 0.3) is 10.6 Å². The first kappa shape index (κ1) is 19.2. The Kier molecular flexibility index (Phi) is 5.86. The van der Waals surface area contributed by atoms with Crippen molar-refractivity contribution in [3.63, 3.8) is 0 Å². The molecule has 7 nitrogen and oxygen atoms in total. The number of thioether (sulfide) groups is 1. The number of nitrogens with one attached hydrogen (secondary N) is 2. The summed E-state index contributed by atoms with van der Waals surface area (Å²) in [5.74, 6) is -0.389. The first-order valence-corrected chi connectivity index (χ1v) is 10.7. The molecule has 0 aromatic carbocycles. The van der Waals surface area contributed by atoms with Gasteiger partial charge in [-0.25, -0.2) is 15.2 Å². The molecule has 2 aromatic heterocycles. The van der Waals surface area contributed by atoms with Crippen molar-refractivity contribution in [2.75, 3.05) is 26.1 Å². The molecule has 0 aliphatic carbocycles. The Balaban J connectivity index is 1.57. The molecule has 0 atom stereocenters. The van der Waals surface area contributed by atoms with E-state index in [2.05, 4.69) is 15.8 Å². The number of thiazole rings is 1. The quantitative estimate of drug-likeness (QED) is 0.577.